The highest BCUT2D eigenvalue weighted by Crippen LogP contribution is 2.13. The minimum absolute atomic E-state index is 0.298. The maximum absolute atomic E-state index is 12.5. The van der Waals surface area contributed by atoms with Gasteiger partial charge in [-0.25, -0.2) is 12.8 Å². The SMILES string of the molecule is CC(Cc1ccc(F)cc1)S(=O)(=O)Cl. The molecular weight excluding hydrogens is 227 g/mol. The molecule has 1 rings (SSSR count). The van der Waals surface area contributed by atoms with E-state index in [2.05, 4.69) is 0 Å². The van der Waals surface area contributed by atoms with E-state index in [-0.39, 0.29) is 5.82 Å². The van der Waals surface area contributed by atoms with Crippen LogP contribution in [0.25, 0.3) is 0 Å². The minimum atomic E-state index is -3.53. The Labute approximate surface area is 87.1 Å². The Hall–Kier alpha value is -0.610. The standard InChI is InChI=1S/C9H10ClFO2S/c1-7(14(10,12)13)6-8-2-4-9(11)5-3-8/h2-5,7H,6H2,1H3. The molecule has 0 N–H and O–H groups in total. The van der Waals surface area contributed by atoms with Crippen LogP contribution in [0.5, 0.6) is 0 Å². The van der Waals surface area contributed by atoms with Crippen molar-refractivity contribution >= 4 is 19.7 Å². The highest BCUT2D eigenvalue weighted by Gasteiger charge is 2.17. The predicted molar refractivity (Wildman–Crippen MR) is 54.3 cm³/mol. The third-order valence-electron chi connectivity index (χ3n) is 1.92. The van der Waals surface area contributed by atoms with E-state index >= 15 is 0 Å². The summed E-state index contributed by atoms with van der Waals surface area (Å²) >= 11 is 0. The van der Waals surface area contributed by atoms with E-state index in [1.807, 2.05) is 0 Å². The second-order valence-corrected chi connectivity index (χ2v) is 6.16. The van der Waals surface area contributed by atoms with Crippen molar-refractivity contribution in [3.63, 3.8) is 0 Å². The van der Waals surface area contributed by atoms with Crippen LogP contribution in [0, 0.1) is 5.82 Å². The Morgan fingerprint density at radius 2 is 1.86 bits per heavy atom. The van der Waals surface area contributed by atoms with Crippen LogP contribution >= 0.6 is 10.7 Å². The van der Waals surface area contributed by atoms with Crippen LogP contribution in [-0.2, 0) is 15.5 Å². The molecule has 0 heterocycles. The van der Waals surface area contributed by atoms with Gasteiger partial charge in [-0.3, -0.25) is 0 Å². The molecule has 0 amide bonds. The zero-order chi connectivity index (χ0) is 10.8. The molecule has 2 nitrogen and oxygen atoms in total. The van der Waals surface area contributed by atoms with E-state index in [0.717, 1.165) is 5.56 Å². The molecule has 0 fully saturated rings. The maximum Gasteiger partial charge on any atom is 0.235 e. The van der Waals surface area contributed by atoms with Crippen molar-refractivity contribution in [1.29, 1.82) is 0 Å². The van der Waals surface area contributed by atoms with Gasteiger partial charge in [0.2, 0.25) is 9.05 Å². The van der Waals surface area contributed by atoms with Crippen molar-refractivity contribution in [3.8, 4) is 0 Å². The lowest BCUT2D eigenvalue weighted by molar-refractivity contribution is 0.597. The molecule has 14 heavy (non-hydrogen) atoms. The Kier molecular flexibility index (Phi) is 3.50. The van der Waals surface area contributed by atoms with Gasteiger partial charge in [-0.05, 0) is 31.0 Å². The van der Waals surface area contributed by atoms with Crippen LogP contribution in [-0.4, -0.2) is 13.7 Å². The molecule has 0 aliphatic heterocycles. The molecule has 0 radical (unpaired) electrons. The van der Waals surface area contributed by atoms with Crippen LogP contribution in [0.2, 0.25) is 0 Å². The van der Waals surface area contributed by atoms with Crippen LogP contribution in [0.1, 0.15) is 12.5 Å². The summed E-state index contributed by atoms with van der Waals surface area (Å²) in [5.74, 6) is -0.338. The summed E-state index contributed by atoms with van der Waals surface area (Å²) in [6, 6.07) is 5.69. The van der Waals surface area contributed by atoms with Crippen molar-refractivity contribution in [2.24, 2.45) is 0 Å². The zero-order valence-electron chi connectivity index (χ0n) is 7.57. The topological polar surface area (TPSA) is 34.1 Å². The van der Waals surface area contributed by atoms with Crippen molar-refractivity contribution in [1.82, 2.24) is 0 Å². The van der Waals surface area contributed by atoms with E-state index in [1.54, 1.807) is 12.1 Å². The van der Waals surface area contributed by atoms with Gasteiger partial charge in [0.15, 0.2) is 0 Å². The first kappa shape index (κ1) is 11.5. The van der Waals surface area contributed by atoms with Crippen molar-refractivity contribution in [3.05, 3.63) is 35.6 Å². The summed E-state index contributed by atoms with van der Waals surface area (Å²) in [5, 5.41) is -0.658. The summed E-state index contributed by atoms with van der Waals surface area (Å²) in [5.41, 5.74) is 0.753. The number of rotatable bonds is 3. The largest absolute Gasteiger partial charge is 0.235 e. The van der Waals surface area contributed by atoms with Crippen LogP contribution in [0.4, 0.5) is 4.39 Å². The summed E-state index contributed by atoms with van der Waals surface area (Å²) in [6.07, 6.45) is 0.298. The molecule has 0 saturated heterocycles. The van der Waals surface area contributed by atoms with Gasteiger partial charge in [0.05, 0.1) is 5.25 Å². The number of hydrogen-bond acceptors (Lipinski definition) is 2. The van der Waals surface area contributed by atoms with Gasteiger partial charge in [-0.15, -0.1) is 0 Å². The first-order chi connectivity index (χ1) is 6.39. The second kappa shape index (κ2) is 4.28. The molecular formula is C9H10ClFO2S. The molecule has 1 unspecified atom stereocenters. The quantitative estimate of drug-likeness (QED) is 0.755. The van der Waals surface area contributed by atoms with Gasteiger partial charge in [0, 0.05) is 10.7 Å². The van der Waals surface area contributed by atoms with Gasteiger partial charge < -0.3 is 0 Å². The highest BCUT2D eigenvalue weighted by molar-refractivity contribution is 8.14. The van der Waals surface area contributed by atoms with Crippen LogP contribution in [0.15, 0.2) is 24.3 Å². The molecule has 1 aromatic carbocycles. The van der Waals surface area contributed by atoms with E-state index < -0.39 is 14.3 Å². The third-order valence-corrected chi connectivity index (χ3v) is 3.96. The molecule has 1 aromatic rings. The molecule has 78 valence electrons. The fraction of sp³-hybridized carbons (Fsp3) is 0.333. The average Bonchev–Trinajstić information content (AvgIpc) is 2.07. The molecule has 0 bridgehead atoms. The van der Waals surface area contributed by atoms with E-state index in [4.69, 9.17) is 10.7 Å². The van der Waals surface area contributed by atoms with E-state index in [1.165, 1.54) is 19.1 Å². The molecule has 5 heteroatoms. The summed E-state index contributed by atoms with van der Waals surface area (Å²) in [7, 11) is 1.63. The third kappa shape index (κ3) is 3.27. The lowest BCUT2D eigenvalue weighted by Crippen LogP contribution is -2.14. The van der Waals surface area contributed by atoms with Crippen molar-refractivity contribution in [2.45, 2.75) is 18.6 Å². The normalized spacial score (nSPS) is 13.9. The Morgan fingerprint density at radius 3 is 2.29 bits per heavy atom. The van der Waals surface area contributed by atoms with Crippen LogP contribution in [0.3, 0.4) is 0 Å². The first-order valence-corrected chi connectivity index (χ1v) is 6.45. The van der Waals surface area contributed by atoms with E-state index in [0.29, 0.717) is 6.42 Å². The van der Waals surface area contributed by atoms with Gasteiger partial charge in [-0.2, -0.15) is 0 Å². The summed E-state index contributed by atoms with van der Waals surface area (Å²) in [4.78, 5) is 0. The number of benzene rings is 1. The fourth-order valence-electron chi connectivity index (χ4n) is 1.05. The maximum atomic E-state index is 12.5. The molecule has 0 saturated carbocycles. The predicted octanol–water partition coefficient (Wildman–Crippen LogP) is 2.33. The molecule has 0 spiro atoms. The van der Waals surface area contributed by atoms with Crippen molar-refractivity contribution < 1.29 is 12.8 Å². The molecule has 0 aliphatic rings. The van der Waals surface area contributed by atoms with Gasteiger partial charge in [0.1, 0.15) is 5.82 Å². The lowest BCUT2D eigenvalue weighted by Gasteiger charge is -2.06. The number of hydrogen-bond donors (Lipinski definition) is 0. The van der Waals surface area contributed by atoms with E-state index in [9.17, 15) is 12.8 Å². The summed E-state index contributed by atoms with van der Waals surface area (Å²) < 4.78 is 34.3. The smallest absolute Gasteiger partial charge is 0.212 e. The van der Waals surface area contributed by atoms with Gasteiger partial charge >= 0.3 is 0 Å². The van der Waals surface area contributed by atoms with Gasteiger partial charge in [-0.1, -0.05) is 12.1 Å². The highest BCUT2D eigenvalue weighted by atomic mass is 35.7. The Balaban J connectivity index is 2.75. The average molecular weight is 237 g/mol. The van der Waals surface area contributed by atoms with Gasteiger partial charge in [0.25, 0.3) is 0 Å². The zero-order valence-corrected chi connectivity index (χ0v) is 9.15. The Morgan fingerprint density at radius 1 is 1.36 bits per heavy atom. The summed E-state index contributed by atoms with van der Waals surface area (Å²) in [6.45, 7) is 1.52. The van der Waals surface area contributed by atoms with Crippen LogP contribution < -0.4 is 0 Å². The molecule has 1 atom stereocenters. The Bertz CT molecular complexity index is 399. The molecule has 0 aromatic heterocycles. The number of halogens is 2. The molecule has 0 aliphatic carbocycles. The lowest BCUT2D eigenvalue weighted by atomic mass is 10.1. The first-order valence-electron chi connectivity index (χ1n) is 4.07. The fourth-order valence-corrected chi connectivity index (χ4v) is 1.63. The van der Waals surface area contributed by atoms with Crippen molar-refractivity contribution in [2.75, 3.05) is 0 Å². The monoisotopic (exact) mass is 236 g/mol. The second-order valence-electron chi connectivity index (χ2n) is 3.12. The minimum Gasteiger partial charge on any atom is -0.212 e.